The molecule has 1 aromatic carbocycles. The summed E-state index contributed by atoms with van der Waals surface area (Å²) in [4.78, 5) is 11.9. The van der Waals surface area contributed by atoms with E-state index in [0.29, 0.717) is 19.6 Å². The Hall–Kier alpha value is -1.28. The maximum absolute atomic E-state index is 11.9. The number of halogens is 1. The minimum absolute atomic E-state index is 0. The number of carbonyl (C=O) groups is 1. The van der Waals surface area contributed by atoms with E-state index in [0.717, 1.165) is 29.7 Å². The second-order valence-corrected chi connectivity index (χ2v) is 5.29. The molecule has 6 nitrogen and oxygen atoms in total. The molecule has 1 amide bonds. The van der Waals surface area contributed by atoms with E-state index >= 15 is 0 Å². The van der Waals surface area contributed by atoms with Gasteiger partial charge in [0, 0.05) is 19.6 Å². The molecule has 1 aromatic heterocycles. The number of ether oxygens (including phenoxy) is 1. The summed E-state index contributed by atoms with van der Waals surface area (Å²) in [5, 5.41) is 6.12. The van der Waals surface area contributed by atoms with Gasteiger partial charge in [0.2, 0.25) is 5.91 Å². The molecule has 0 radical (unpaired) electrons. The fourth-order valence-corrected chi connectivity index (χ4v) is 2.69. The molecule has 1 fully saturated rings. The number of fused-ring (bicyclic) bond motifs is 1. The number of rotatable bonds is 4. The Morgan fingerprint density at radius 2 is 2.29 bits per heavy atom. The Morgan fingerprint density at radius 3 is 3.10 bits per heavy atom. The Balaban J connectivity index is 0.00000161. The van der Waals surface area contributed by atoms with E-state index in [4.69, 9.17) is 4.74 Å². The number of amides is 1. The summed E-state index contributed by atoms with van der Waals surface area (Å²) < 4.78 is 13.8. The summed E-state index contributed by atoms with van der Waals surface area (Å²) in [5.41, 5.74) is 2.80. The van der Waals surface area contributed by atoms with Crippen molar-refractivity contribution in [1.29, 1.82) is 0 Å². The second-order valence-electron chi connectivity index (χ2n) is 4.77. The van der Waals surface area contributed by atoms with Crippen molar-refractivity contribution in [2.45, 2.75) is 19.1 Å². The fraction of sp³-hybridized carbons (Fsp3) is 0.462. The van der Waals surface area contributed by atoms with Gasteiger partial charge >= 0.3 is 0 Å². The molecule has 8 heteroatoms. The predicted octanol–water partition coefficient (Wildman–Crippen LogP) is 1.11. The van der Waals surface area contributed by atoms with Gasteiger partial charge in [-0.15, -0.1) is 12.4 Å². The molecule has 0 spiro atoms. The molecule has 3 rings (SSSR count). The Labute approximate surface area is 133 Å². The first-order valence-electron chi connectivity index (χ1n) is 6.61. The molecule has 2 N–H and O–H groups in total. The van der Waals surface area contributed by atoms with Gasteiger partial charge in [-0.05, 0) is 17.7 Å². The highest BCUT2D eigenvalue weighted by Crippen LogP contribution is 2.13. The van der Waals surface area contributed by atoms with Gasteiger partial charge in [-0.3, -0.25) is 4.79 Å². The summed E-state index contributed by atoms with van der Waals surface area (Å²) >= 11 is 1.20. The van der Waals surface area contributed by atoms with Crippen molar-refractivity contribution in [3.05, 3.63) is 23.8 Å². The monoisotopic (exact) mass is 328 g/mol. The van der Waals surface area contributed by atoms with Crippen LogP contribution in [0, 0.1) is 0 Å². The van der Waals surface area contributed by atoms with Crippen LogP contribution < -0.4 is 10.6 Å². The molecular weight excluding hydrogens is 312 g/mol. The van der Waals surface area contributed by atoms with Gasteiger partial charge in [-0.25, -0.2) is 0 Å². The average molecular weight is 329 g/mol. The van der Waals surface area contributed by atoms with Crippen molar-refractivity contribution in [3.63, 3.8) is 0 Å². The standard InChI is InChI=1S/C13H16N4O2S.ClH/c18-13(6-10-8-14-3-4-19-10)15-7-9-1-2-11-12(5-9)17-20-16-11;/h1-2,5,10,14H,3-4,6-8H2,(H,15,18);1H. The van der Waals surface area contributed by atoms with Crippen LogP contribution in [0.3, 0.4) is 0 Å². The summed E-state index contributed by atoms with van der Waals surface area (Å²) in [6, 6.07) is 5.84. The first-order chi connectivity index (χ1) is 9.81. The van der Waals surface area contributed by atoms with Crippen LogP contribution in [0.1, 0.15) is 12.0 Å². The smallest absolute Gasteiger partial charge is 0.222 e. The van der Waals surface area contributed by atoms with Crippen LogP contribution in [0.5, 0.6) is 0 Å². The highest BCUT2D eigenvalue weighted by Gasteiger charge is 2.17. The number of hydrogen-bond donors (Lipinski definition) is 2. The molecule has 1 aliphatic rings. The van der Waals surface area contributed by atoms with Crippen LogP contribution in [0.25, 0.3) is 11.0 Å². The molecular formula is C13H17ClN4O2S. The van der Waals surface area contributed by atoms with Crippen LogP contribution in [-0.2, 0) is 16.1 Å². The predicted molar refractivity (Wildman–Crippen MR) is 83.7 cm³/mol. The van der Waals surface area contributed by atoms with Crippen molar-refractivity contribution in [2.75, 3.05) is 19.7 Å². The summed E-state index contributed by atoms with van der Waals surface area (Å²) in [7, 11) is 0. The van der Waals surface area contributed by atoms with E-state index < -0.39 is 0 Å². The third-order valence-corrected chi connectivity index (χ3v) is 3.78. The molecule has 21 heavy (non-hydrogen) atoms. The van der Waals surface area contributed by atoms with Gasteiger partial charge < -0.3 is 15.4 Å². The zero-order valence-electron chi connectivity index (χ0n) is 11.4. The van der Waals surface area contributed by atoms with E-state index in [2.05, 4.69) is 19.4 Å². The lowest BCUT2D eigenvalue weighted by molar-refractivity contribution is -0.124. The van der Waals surface area contributed by atoms with Crippen molar-refractivity contribution >= 4 is 41.1 Å². The number of carbonyl (C=O) groups excluding carboxylic acids is 1. The van der Waals surface area contributed by atoms with Crippen LogP contribution in [0.2, 0.25) is 0 Å². The van der Waals surface area contributed by atoms with Crippen molar-refractivity contribution < 1.29 is 9.53 Å². The van der Waals surface area contributed by atoms with Gasteiger partial charge in [0.15, 0.2) is 0 Å². The minimum atomic E-state index is -0.0195. The van der Waals surface area contributed by atoms with E-state index in [9.17, 15) is 4.79 Å². The van der Waals surface area contributed by atoms with Crippen molar-refractivity contribution in [2.24, 2.45) is 0 Å². The maximum atomic E-state index is 11.9. The number of hydrogen-bond acceptors (Lipinski definition) is 6. The first-order valence-corrected chi connectivity index (χ1v) is 7.34. The Kier molecular flexibility index (Phi) is 5.86. The molecule has 1 aliphatic heterocycles. The topological polar surface area (TPSA) is 76.1 Å². The normalized spacial score (nSPS) is 18.2. The van der Waals surface area contributed by atoms with Gasteiger partial charge in [-0.1, -0.05) is 6.07 Å². The Bertz CT molecular complexity index is 601. The van der Waals surface area contributed by atoms with Crippen LogP contribution >= 0.6 is 24.1 Å². The molecule has 0 aliphatic carbocycles. The van der Waals surface area contributed by atoms with E-state index in [-0.39, 0.29) is 24.4 Å². The molecule has 1 unspecified atom stereocenters. The third-order valence-electron chi connectivity index (χ3n) is 3.23. The van der Waals surface area contributed by atoms with Crippen LogP contribution in [0.4, 0.5) is 0 Å². The van der Waals surface area contributed by atoms with Gasteiger partial charge in [0.05, 0.1) is 30.9 Å². The van der Waals surface area contributed by atoms with Crippen molar-refractivity contribution in [3.8, 4) is 0 Å². The highest BCUT2D eigenvalue weighted by molar-refractivity contribution is 7.00. The molecule has 2 aromatic rings. The zero-order chi connectivity index (χ0) is 13.8. The van der Waals surface area contributed by atoms with Gasteiger partial charge in [-0.2, -0.15) is 8.75 Å². The first kappa shape index (κ1) is 16.1. The maximum Gasteiger partial charge on any atom is 0.222 e. The fourth-order valence-electron chi connectivity index (χ4n) is 2.17. The summed E-state index contributed by atoms with van der Waals surface area (Å²) in [5.74, 6) is 0.00944. The van der Waals surface area contributed by atoms with E-state index in [1.54, 1.807) is 0 Å². The molecule has 114 valence electrons. The lowest BCUT2D eigenvalue weighted by atomic mass is 10.2. The van der Waals surface area contributed by atoms with Crippen molar-refractivity contribution in [1.82, 2.24) is 19.4 Å². The number of morpholine rings is 1. The van der Waals surface area contributed by atoms with Crippen LogP contribution in [0.15, 0.2) is 18.2 Å². The lowest BCUT2D eigenvalue weighted by Crippen LogP contribution is -2.41. The van der Waals surface area contributed by atoms with Crippen LogP contribution in [-0.4, -0.2) is 40.5 Å². The number of nitrogens with zero attached hydrogens (tertiary/aromatic N) is 2. The summed E-state index contributed by atoms with van der Waals surface area (Å²) in [6.45, 7) is 2.78. The average Bonchev–Trinajstić information content (AvgIpc) is 2.93. The second kappa shape index (κ2) is 7.65. The van der Waals surface area contributed by atoms with E-state index in [1.807, 2.05) is 18.2 Å². The van der Waals surface area contributed by atoms with Gasteiger partial charge in [0.25, 0.3) is 0 Å². The minimum Gasteiger partial charge on any atom is -0.375 e. The number of benzene rings is 1. The molecule has 0 saturated carbocycles. The van der Waals surface area contributed by atoms with Gasteiger partial charge in [0.1, 0.15) is 11.0 Å². The number of nitrogens with one attached hydrogen (secondary N) is 2. The summed E-state index contributed by atoms with van der Waals surface area (Å²) in [6.07, 6.45) is 0.377. The molecule has 1 saturated heterocycles. The lowest BCUT2D eigenvalue weighted by Gasteiger charge is -2.23. The highest BCUT2D eigenvalue weighted by atomic mass is 35.5. The Morgan fingerprint density at radius 1 is 1.43 bits per heavy atom. The molecule has 0 bridgehead atoms. The van der Waals surface area contributed by atoms with E-state index in [1.165, 1.54) is 11.7 Å². The number of aromatic nitrogens is 2. The quantitative estimate of drug-likeness (QED) is 0.879. The third kappa shape index (κ3) is 4.34. The zero-order valence-corrected chi connectivity index (χ0v) is 13.0. The molecule has 1 atom stereocenters. The largest absolute Gasteiger partial charge is 0.375 e. The molecule has 2 heterocycles. The SMILES string of the molecule is Cl.O=C(CC1CNCCO1)NCc1ccc2nsnc2c1.